The van der Waals surface area contributed by atoms with Crippen LogP contribution in [0.5, 0.6) is 0 Å². The maximum Gasteiger partial charge on any atom is 0.416 e. The Morgan fingerprint density at radius 1 is 1.06 bits per heavy atom. The first kappa shape index (κ1) is 23.0. The first-order valence-corrected chi connectivity index (χ1v) is 11.8. The van der Waals surface area contributed by atoms with Crippen LogP contribution in [0.1, 0.15) is 66.4 Å². The van der Waals surface area contributed by atoms with Crippen molar-refractivity contribution >= 4 is 11.2 Å². The van der Waals surface area contributed by atoms with Crippen LogP contribution >= 0.6 is 0 Å². The summed E-state index contributed by atoms with van der Waals surface area (Å²) in [6, 6.07) is 2.87. The quantitative estimate of drug-likeness (QED) is 0.335. The molecule has 6 rings (SSSR count). The number of ether oxygens (including phenoxy) is 1. The van der Waals surface area contributed by atoms with Gasteiger partial charge in [0.05, 0.1) is 29.6 Å². The van der Waals surface area contributed by atoms with Crippen LogP contribution in [0.25, 0.3) is 22.4 Å². The van der Waals surface area contributed by atoms with Gasteiger partial charge in [0.2, 0.25) is 0 Å². The molecule has 2 atom stereocenters. The third kappa shape index (κ3) is 4.32. The summed E-state index contributed by atoms with van der Waals surface area (Å²) < 4.78 is 62.2. The van der Waals surface area contributed by atoms with Crippen molar-refractivity contribution in [1.82, 2.24) is 29.7 Å². The zero-order chi connectivity index (χ0) is 25.0. The van der Waals surface area contributed by atoms with Gasteiger partial charge in [-0.05, 0) is 50.8 Å². The molecule has 3 aromatic heterocycles. The van der Waals surface area contributed by atoms with Gasteiger partial charge in [-0.25, -0.2) is 24.3 Å². The summed E-state index contributed by atoms with van der Waals surface area (Å²) in [5.74, 6) is -0.703. The Bertz CT molecular complexity index is 1450. The fourth-order valence-corrected chi connectivity index (χ4v) is 4.59. The zero-order valence-corrected chi connectivity index (χ0v) is 19.3. The lowest BCUT2D eigenvalue weighted by molar-refractivity contribution is -0.137. The van der Waals surface area contributed by atoms with Crippen LogP contribution < -0.4 is 0 Å². The maximum atomic E-state index is 15.0. The Morgan fingerprint density at radius 2 is 1.89 bits per heavy atom. The van der Waals surface area contributed by atoms with E-state index in [0.717, 1.165) is 30.5 Å². The molecule has 186 valence electrons. The Kier molecular flexibility index (Phi) is 5.47. The molecule has 0 bridgehead atoms. The van der Waals surface area contributed by atoms with E-state index in [9.17, 15) is 17.6 Å². The van der Waals surface area contributed by atoms with Crippen molar-refractivity contribution in [3.63, 3.8) is 0 Å². The number of benzene rings is 1. The van der Waals surface area contributed by atoms with Gasteiger partial charge in [0, 0.05) is 36.0 Å². The Morgan fingerprint density at radius 3 is 2.64 bits per heavy atom. The second kappa shape index (κ2) is 8.58. The Labute approximate surface area is 203 Å². The smallest absolute Gasteiger partial charge is 0.373 e. The van der Waals surface area contributed by atoms with Crippen molar-refractivity contribution in [1.29, 1.82) is 0 Å². The molecule has 4 aromatic rings. The highest BCUT2D eigenvalue weighted by molar-refractivity contribution is 5.87. The zero-order valence-electron chi connectivity index (χ0n) is 19.3. The van der Waals surface area contributed by atoms with Crippen LogP contribution in [0.15, 0.2) is 36.8 Å². The molecule has 36 heavy (non-hydrogen) atoms. The number of hydrogen-bond acceptors (Lipinski definition) is 6. The molecule has 1 aliphatic carbocycles. The molecule has 0 spiro atoms. The highest BCUT2D eigenvalue weighted by Crippen LogP contribution is 2.40. The van der Waals surface area contributed by atoms with E-state index in [2.05, 4.69) is 25.0 Å². The number of hydrogen-bond donors (Lipinski definition) is 0. The molecule has 4 heterocycles. The number of halogens is 4. The summed E-state index contributed by atoms with van der Waals surface area (Å²) in [5.41, 5.74) is 1.09. The molecule has 2 fully saturated rings. The van der Waals surface area contributed by atoms with Gasteiger partial charge in [0.1, 0.15) is 22.9 Å². The molecule has 2 aliphatic rings. The van der Waals surface area contributed by atoms with Crippen LogP contribution in [0.2, 0.25) is 0 Å². The lowest BCUT2D eigenvalue weighted by atomic mass is 9.92. The average Bonchev–Trinajstić information content (AvgIpc) is 3.59. The van der Waals surface area contributed by atoms with Gasteiger partial charge in [0.15, 0.2) is 5.65 Å². The topological polar surface area (TPSA) is 78.6 Å². The van der Waals surface area contributed by atoms with Crippen LogP contribution in [0, 0.1) is 12.7 Å². The van der Waals surface area contributed by atoms with Gasteiger partial charge in [0.25, 0.3) is 0 Å². The van der Waals surface area contributed by atoms with Crippen LogP contribution in [0.3, 0.4) is 0 Å². The first-order chi connectivity index (χ1) is 17.3. The third-order valence-electron chi connectivity index (χ3n) is 6.66. The van der Waals surface area contributed by atoms with Crippen molar-refractivity contribution in [3.05, 3.63) is 65.3 Å². The fraction of sp³-hybridized carbons (Fsp3) is 0.400. The third-order valence-corrected chi connectivity index (χ3v) is 6.66. The van der Waals surface area contributed by atoms with E-state index < -0.39 is 17.6 Å². The molecule has 1 saturated heterocycles. The van der Waals surface area contributed by atoms with E-state index in [0.29, 0.717) is 43.1 Å². The minimum Gasteiger partial charge on any atom is -0.373 e. The van der Waals surface area contributed by atoms with E-state index in [4.69, 9.17) is 4.74 Å². The molecule has 1 aromatic carbocycles. The summed E-state index contributed by atoms with van der Waals surface area (Å²) in [4.78, 5) is 18.1. The van der Waals surface area contributed by atoms with Crippen molar-refractivity contribution in [2.75, 3.05) is 6.61 Å². The van der Waals surface area contributed by atoms with Gasteiger partial charge in [-0.2, -0.15) is 18.3 Å². The van der Waals surface area contributed by atoms with Gasteiger partial charge >= 0.3 is 6.18 Å². The van der Waals surface area contributed by atoms with Crippen molar-refractivity contribution < 1.29 is 22.3 Å². The highest BCUT2D eigenvalue weighted by atomic mass is 19.4. The van der Waals surface area contributed by atoms with Gasteiger partial charge in [-0.3, -0.25) is 4.68 Å². The average molecular weight is 498 g/mol. The monoisotopic (exact) mass is 498 g/mol. The lowest BCUT2D eigenvalue weighted by Gasteiger charge is -2.28. The second-order valence-electron chi connectivity index (χ2n) is 9.37. The number of aromatic nitrogens is 6. The van der Waals surface area contributed by atoms with Gasteiger partial charge < -0.3 is 4.74 Å². The molecule has 1 saturated carbocycles. The maximum absolute atomic E-state index is 15.0. The van der Waals surface area contributed by atoms with Crippen LogP contribution in [-0.4, -0.2) is 36.3 Å². The van der Waals surface area contributed by atoms with E-state index in [1.54, 1.807) is 6.92 Å². The number of nitrogens with zero attached hydrogens (tertiary/aromatic N) is 6. The van der Waals surface area contributed by atoms with Crippen molar-refractivity contribution in [2.45, 2.75) is 56.8 Å². The Balaban J connectivity index is 1.39. The molecule has 0 unspecified atom stereocenters. The standard InChI is InChI=1S/C25H22F4N6O/c1-13-10-30-22-21(18-5-2-16(9-19(18)26)25(27,28)29)33-23(34-24(22)32-13)14-6-7-36-20(8-14)15-11-31-35(12-15)17-3-4-17/h2,5,9-12,14,17,20H,3-4,6-8H2,1H3/t14-,20+/m0/s1. The molecular weight excluding hydrogens is 476 g/mol. The largest absolute Gasteiger partial charge is 0.416 e. The second-order valence-corrected chi connectivity index (χ2v) is 9.37. The highest BCUT2D eigenvalue weighted by Gasteiger charge is 2.33. The number of alkyl halides is 3. The number of fused-ring (bicyclic) bond motifs is 1. The Hall–Kier alpha value is -3.47. The number of aryl methyl sites for hydroxylation is 1. The number of rotatable bonds is 4. The van der Waals surface area contributed by atoms with Crippen LogP contribution in [0.4, 0.5) is 17.6 Å². The molecule has 0 radical (unpaired) electrons. The summed E-state index contributed by atoms with van der Waals surface area (Å²) in [6.45, 7) is 2.24. The van der Waals surface area contributed by atoms with Gasteiger partial charge in [-0.1, -0.05) is 0 Å². The molecule has 0 amide bonds. The van der Waals surface area contributed by atoms with E-state index in [1.165, 1.54) is 6.20 Å². The predicted molar refractivity (Wildman–Crippen MR) is 121 cm³/mol. The normalized spacial score (nSPS) is 20.7. The molecule has 0 N–H and O–H groups in total. The van der Waals surface area contributed by atoms with Crippen molar-refractivity contribution in [2.24, 2.45) is 0 Å². The van der Waals surface area contributed by atoms with E-state index >= 15 is 0 Å². The summed E-state index contributed by atoms with van der Waals surface area (Å²) in [6.07, 6.45) is 3.99. The minimum absolute atomic E-state index is 0.0795. The summed E-state index contributed by atoms with van der Waals surface area (Å²) in [7, 11) is 0. The van der Waals surface area contributed by atoms with Gasteiger partial charge in [-0.15, -0.1) is 0 Å². The first-order valence-electron chi connectivity index (χ1n) is 11.8. The molecule has 1 aliphatic heterocycles. The molecule has 11 heteroatoms. The minimum atomic E-state index is -4.65. The molecule has 7 nitrogen and oxygen atoms in total. The SMILES string of the molecule is Cc1cnc2c(-c3ccc(C(F)(F)F)cc3F)nc([C@H]3CCO[C@@H](c4cnn(C5CC5)c4)C3)nc2n1. The predicted octanol–water partition coefficient (Wildman–Crippen LogP) is 5.72. The van der Waals surface area contributed by atoms with Crippen LogP contribution in [-0.2, 0) is 10.9 Å². The molecular formula is C25H22F4N6O. The fourth-order valence-electron chi connectivity index (χ4n) is 4.59. The summed E-state index contributed by atoms with van der Waals surface area (Å²) >= 11 is 0. The van der Waals surface area contributed by atoms with E-state index in [-0.39, 0.29) is 34.4 Å². The van der Waals surface area contributed by atoms with Crippen molar-refractivity contribution in [3.8, 4) is 11.3 Å². The lowest BCUT2D eigenvalue weighted by Crippen LogP contribution is -2.20. The van der Waals surface area contributed by atoms with E-state index in [1.807, 2.05) is 17.1 Å². The summed E-state index contributed by atoms with van der Waals surface area (Å²) in [5, 5.41) is 4.45.